The average Bonchev–Trinajstić information content (AvgIpc) is 3.26. The highest BCUT2D eigenvalue weighted by Crippen LogP contribution is 2.31. The molecule has 220 valence electrons. The first-order valence-corrected chi connectivity index (χ1v) is 15.8. The van der Waals surface area contributed by atoms with Crippen LogP contribution in [0.5, 0.6) is 5.75 Å². The number of hydrogen-bond acceptors (Lipinski definition) is 8. The van der Waals surface area contributed by atoms with Crippen LogP contribution in [0.1, 0.15) is 63.9 Å². The third-order valence-corrected chi connectivity index (χ3v) is 9.28. The predicted molar refractivity (Wildman–Crippen MR) is 154 cm³/mol. The number of aromatic nitrogens is 4. The molecule has 2 N–H and O–H groups in total. The molecule has 1 saturated heterocycles. The molecule has 1 fully saturated rings. The number of H-pyrrole nitrogens is 1. The number of β-amino-alcohol motifs (C(OH)–C–C–N with tert-alkyl or cyclic N) is 1. The summed E-state index contributed by atoms with van der Waals surface area (Å²) in [5, 5.41) is 13.9. The van der Waals surface area contributed by atoms with Crippen LogP contribution in [0.3, 0.4) is 0 Å². The molecular weight excluding hydrogens is 532 g/mol. The Morgan fingerprint density at radius 3 is 2.48 bits per heavy atom. The number of imidazole rings is 1. The molecule has 1 aliphatic heterocycles. The number of aliphatic hydroxyl groups is 1. The summed E-state index contributed by atoms with van der Waals surface area (Å²) in [5.74, 6) is 1.39. The van der Waals surface area contributed by atoms with Gasteiger partial charge in [0, 0.05) is 39.1 Å². The number of nitrogens with one attached hydrogen (secondary N) is 1. The van der Waals surface area contributed by atoms with E-state index in [0.29, 0.717) is 68.3 Å². The molecule has 1 aliphatic rings. The van der Waals surface area contributed by atoms with Crippen LogP contribution in [0.2, 0.25) is 0 Å². The number of nitrogens with zero attached hydrogens (tertiary/aromatic N) is 5. The predicted octanol–water partition coefficient (Wildman–Crippen LogP) is 2.99. The van der Waals surface area contributed by atoms with Gasteiger partial charge in [-0.25, -0.2) is 17.9 Å². The summed E-state index contributed by atoms with van der Waals surface area (Å²) in [6, 6.07) is 4.68. The van der Waals surface area contributed by atoms with Gasteiger partial charge in [0.15, 0.2) is 11.3 Å². The number of sulfonamides is 1. The van der Waals surface area contributed by atoms with Gasteiger partial charge in [0.25, 0.3) is 5.56 Å². The van der Waals surface area contributed by atoms with Crippen LogP contribution in [-0.2, 0) is 16.4 Å². The number of ether oxygens (including phenoxy) is 1. The molecule has 3 aromatic rings. The van der Waals surface area contributed by atoms with E-state index in [0.717, 1.165) is 18.7 Å². The van der Waals surface area contributed by atoms with E-state index in [1.165, 1.54) is 42.1 Å². The van der Waals surface area contributed by atoms with Gasteiger partial charge in [0.1, 0.15) is 11.6 Å². The summed E-state index contributed by atoms with van der Waals surface area (Å²) in [5.41, 5.74) is 1.08. The van der Waals surface area contributed by atoms with Crippen LogP contribution in [-0.4, -0.2) is 88.2 Å². The number of benzene rings is 1. The zero-order valence-corrected chi connectivity index (χ0v) is 24.7. The molecule has 0 unspecified atom stereocenters. The van der Waals surface area contributed by atoms with Crippen molar-refractivity contribution in [2.75, 3.05) is 45.9 Å². The number of piperazine rings is 1. The van der Waals surface area contributed by atoms with Crippen molar-refractivity contribution in [3.63, 3.8) is 0 Å². The number of aryl methyl sites for hydroxylation is 2. The first kappa shape index (κ1) is 30.2. The van der Waals surface area contributed by atoms with Crippen LogP contribution in [0, 0.1) is 6.92 Å². The van der Waals surface area contributed by atoms with Crippen LogP contribution in [0.4, 0.5) is 0 Å². The Bertz CT molecular complexity index is 1440. The monoisotopic (exact) mass is 574 g/mol. The van der Waals surface area contributed by atoms with Crippen LogP contribution >= 0.6 is 0 Å². The summed E-state index contributed by atoms with van der Waals surface area (Å²) in [4.78, 5) is 22.8. The number of hydrogen-bond donors (Lipinski definition) is 2. The van der Waals surface area contributed by atoms with Crippen LogP contribution in [0.15, 0.2) is 27.9 Å². The average molecular weight is 575 g/mol. The fourth-order valence-electron chi connectivity index (χ4n) is 5.20. The molecule has 0 bridgehead atoms. The second-order valence-corrected chi connectivity index (χ2v) is 12.2. The molecule has 0 aliphatic carbocycles. The van der Waals surface area contributed by atoms with E-state index in [4.69, 9.17) is 9.84 Å². The molecule has 1 aromatic carbocycles. The van der Waals surface area contributed by atoms with Gasteiger partial charge in [-0.05, 0) is 38.5 Å². The third kappa shape index (κ3) is 6.73. The molecule has 2 aromatic heterocycles. The van der Waals surface area contributed by atoms with Gasteiger partial charge in [-0.1, -0.05) is 39.0 Å². The standard InChI is InChI=1S/C28H42N6O5S/c1-4-6-7-8-9-10-11-25-29-21(3)26-28(36)30-27(31-34(25)26)23-20-22(12-13-24(23)39-5-2)40(37,38)33-16-14-32(15-17-33)18-19-35/h12-13,20,35H,4-11,14-19H2,1-3H3,(H,30,31,36). The number of aliphatic hydroxyl groups excluding tert-OH is 1. The Morgan fingerprint density at radius 1 is 1.05 bits per heavy atom. The molecule has 0 saturated carbocycles. The lowest BCUT2D eigenvalue weighted by Crippen LogP contribution is -2.49. The van der Waals surface area contributed by atoms with Crippen molar-refractivity contribution in [1.82, 2.24) is 28.8 Å². The normalized spacial score (nSPS) is 15.2. The van der Waals surface area contributed by atoms with Crippen molar-refractivity contribution < 1.29 is 18.3 Å². The van der Waals surface area contributed by atoms with Crippen molar-refractivity contribution in [2.24, 2.45) is 0 Å². The van der Waals surface area contributed by atoms with Crippen molar-refractivity contribution in [1.29, 1.82) is 0 Å². The highest BCUT2D eigenvalue weighted by Gasteiger charge is 2.29. The Labute approximate surface area is 236 Å². The first-order valence-electron chi connectivity index (χ1n) is 14.4. The van der Waals surface area contributed by atoms with E-state index in [9.17, 15) is 18.3 Å². The molecule has 0 spiro atoms. The SMILES string of the molecule is CCCCCCCCc1nc(C)c2c(=O)[nH]c(-c3cc(S(=O)(=O)N4CCN(CCO)CC4)ccc3OCC)nn12. The van der Waals surface area contributed by atoms with Gasteiger partial charge in [0.05, 0.1) is 29.4 Å². The fourth-order valence-corrected chi connectivity index (χ4v) is 6.65. The van der Waals surface area contributed by atoms with Crippen LogP contribution < -0.4 is 10.3 Å². The van der Waals surface area contributed by atoms with Crippen molar-refractivity contribution >= 4 is 15.5 Å². The van der Waals surface area contributed by atoms with Gasteiger partial charge in [0.2, 0.25) is 10.0 Å². The molecule has 11 nitrogen and oxygen atoms in total. The molecular formula is C28H42N6O5S. The molecule has 40 heavy (non-hydrogen) atoms. The minimum atomic E-state index is -3.79. The number of unbranched alkanes of at least 4 members (excludes halogenated alkanes) is 5. The second-order valence-electron chi connectivity index (χ2n) is 10.3. The van der Waals surface area contributed by atoms with Crippen molar-refractivity contribution in [3.8, 4) is 17.1 Å². The van der Waals surface area contributed by atoms with Crippen LogP contribution in [0.25, 0.3) is 16.9 Å². The maximum Gasteiger partial charge on any atom is 0.277 e. The summed E-state index contributed by atoms with van der Waals surface area (Å²) < 4.78 is 36.0. The zero-order chi connectivity index (χ0) is 28.7. The Morgan fingerprint density at radius 2 is 1.77 bits per heavy atom. The zero-order valence-electron chi connectivity index (χ0n) is 23.9. The van der Waals surface area contributed by atoms with Gasteiger partial charge in [-0.15, -0.1) is 5.10 Å². The van der Waals surface area contributed by atoms with E-state index in [1.54, 1.807) is 17.5 Å². The fraction of sp³-hybridized carbons (Fsp3) is 0.607. The highest BCUT2D eigenvalue weighted by atomic mass is 32.2. The number of rotatable bonds is 14. The number of aromatic amines is 1. The third-order valence-electron chi connectivity index (χ3n) is 7.39. The molecule has 0 radical (unpaired) electrons. The lowest BCUT2D eigenvalue weighted by atomic mass is 10.1. The van der Waals surface area contributed by atoms with E-state index < -0.39 is 10.0 Å². The van der Waals surface area contributed by atoms with E-state index >= 15 is 0 Å². The van der Waals surface area contributed by atoms with Gasteiger partial charge in [-0.2, -0.15) is 4.31 Å². The minimum Gasteiger partial charge on any atom is -0.493 e. The topological polar surface area (TPSA) is 133 Å². The second kappa shape index (κ2) is 13.7. The molecule has 3 heterocycles. The summed E-state index contributed by atoms with van der Waals surface area (Å²) in [7, 11) is -3.79. The highest BCUT2D eigenvalue weighted by molar-refractivity contribution is 7.89. The largest absolute Gasteiger partial charge is 0.493 e. The lowest BCUT2D eigenvalue weighted by molar-refractivity contribution is 0.151. The summed E-state index contributed by atoms with van der Waals surface area (Å²) in [6.07, 6.45) is 7.58. The Kier molecular flexibility index (Phi) is 10.3. The Balaban J connectivity index is 1.67. The van der Waals surface area contributed by atoms with Crippen molar-refractivity contribution in [2.45, 2.75) is 70.6 Å². The number of fused-ring (bicyclic) bond motifs is 1. The maximum absolute atomic E-state index is 13.6. The quantitative estimate of drug-likeness (QED) is 0.281. The molecule has 0 atom stereocenters. The van der Waals surface area contributed by atoms with E-state index in [1.807, 2.05) is 11.8 Å². The van der Waals surface area contributed by atoms with E-state index in [2.05, 4.69) is 16.9 Å². The minimum absolute atomic E-state index is 0.0433. The smallest absolute Gasteiger partial charge is 0.277 e. The summed E-state index contributed by atoms with van der Waals surface area (Å²) in [6.45, 7) is 8.55. The summed E-state index contributed by atoms with van der Waals surface area (Å²) >= 11 is 0. The first-order chi connectivity index (χ1) is 19.3. The van der Waals surface area contributed by atoms with Gasteiger partial charge < -0.3 is 14.8 Å². The molecule has 0 amide bonds. The van der Waals surface area contributed by atoms with Gasteiger partial charge >= 0.3 is 0 Å². The van der Waals surface area contributed by atoms with E-state index in [-0.39, 0.29) is 22.9 Å². The molecule has 12 heteroatoms. The van der Waals surface area contributed by atoms with Crippen molar-refractivity contribution in [3.05, 3.63) is 40.1 Å². The maximum atomic E-state index is 13.6. The Hall–Kier alpha value is -2.80. The molecule has 4 rings (SSSR count). The lowest BCUT2D eigenvalue weighted by Gasteiger charge is -2.33. The van der Waals surface area contributed by atoms with Gasteiger partial charge in [-0.3, -0.25) is 9.69 Å².